The highest BCUT2D eigenvalue weighted by Crippen LogP contribution is 2.49. The zero-order valence-electron chi connectivity index (χ0n) is 15.6. The van der Waals surface area contributed by atoms with Crippen molar-refractivity contribution >= 4 is 0 Å². The van der Waals surface area contributed by atoms with E-state index in [1.54, 1.807) is 0 Å². The lowest BCUT2D eigenvalue weighted by molar-refractivity contribution is -0.154. The summed E-state index contributed by atoms with van der Waals surface area (Å²) in [4.78, 5) is 0. The Balaban J connectivity index is 4.79. The van der Waals surface area contributed by atoms with E-state index in [9.17, 15) is 0 Å². The molecule has 1 unspecified atom stereocenters. The smallest absolute Gasteiger partial charge is 0.147 e. The van der Waals surface area contributed by atoms with E-state index in [0.717, 1.165) is 19.4 Å². The summed E-state index contributed by atoms with van der Waals surface area (Å²) in [6, 6.07) is 0. The molecule has 0 heterocycles. The number of ether oxygens (including phenoxy) is 2. The zero-order chi connectivity index (χ0) is 16.2. The standard InChI is InChI=1S/C18H38O2/c1-11-18(16(5,6)7,12-15(2,3)4)13-19-14-20-17(8,9)10/h11-14H2,1-10H3. The average molecular weight is 286 g/mol. The highest BCUT2D eigenvalue weighted by Gasteiger charge is 2.43. The van der Waals surface area contributed by atoms with Crippen molar-refractivity contribution in [2.24, 2.45) is 16.2 Å². The van der Waals surface area contributed by atoms with Crippen molar-refractivity contribution < 1.29 is 9.47 Å². The van der Waals surface area contributed by atoms with E-state index < -0.39 is 0 Å². The van der Waals surface area contributed by atoms with Crippen molar-refractivity contribution in [2.75, 3.05) is 13.4 Å². The Labute approximate surface area is 127 Å². The Morgan fingerprint density at radius 1 is 0.800 bits per heavy atom. The third-order valence-electron chi connectivity index (χ3n) is 4.09. The molecule has 0 aromatic carbocycles. The quantitative estimate of drug-likeness (QED) is 0.463. The highest BCUT2D eigenvalue weighted by molar-refractivity contribution is 4.92. The van der Waals surface area contributed by atoms with Crippen LogP contribution in [0, 0.1) is 16.2 Å². The lowest BCUT2D eigenvalue weighted by atomic mass is 9.59. The molecule has 122 valence electrons. The van der Waals surface area contributed by atoms with Crippen LogP contribution in [0.5, 0.6) is 0 Å². The van der Waals surface area contributed by atoms with Crippen molar-refractivity contribution in [1.29, 1.82) is 0 Å². The second kappa shape index (κ2) is 6.79. The Morgan fingerprint density at radius 2 is 1.30 bits per heavy atom. The molecule has 1 atom stereocenters. The van der Waals surface area contributed by atoms with Crippen LogP contribution in [-0.4, -0.2) is 19.0 Å². The van der Waals surface area contributed by atoms with E-state index in [0.29, 0.717) is 12.2 Å². The van der Waals surface area contributed by atoms with E-state index in [1.165, 1.54) is 0 Å². The Kier molecular flexibility index (Phi) is 6.76. The Morgan fingerprint density at radius 3 is 1.60 bits per heavy atom. The molecule has 0 saturated carbocycles. The van der Waals surface area contributed by atoms with Gasteiger partial charge in [0.1, 0.15) is 6.79 Å². The first-order valence-corrected chi connectivity index (χ1v) is 7.94. The van der Waals surface area contributed by atoms with Crippen LogP contribution in [0.25, 0.3) is 0 Å². The summed E-state index contributed by atoms with van der Waals surface area (Å²) in [5.74, 6) is 0. The summed E-state index contributed by atoms with van der Waals surface area (Å²) in [7, 11) is 0. The lowest BCUT2D eigenvalue weighted by Gasteiger charge is -2.48. The molecule has 0 aliphatic heterocycles. The van der Waals surface area contributed by atoms with E-state index >= 15 is 0 Å². The summed E-state index contributed by atoms with van der Waals surface area (Å²) in [6.07, 6.45) is 2.29. The van der Waals surface area contributed by atoms with E-state index in [1.807, 2.05) is 0 Å². The number of hydrogen-bond donors (Lipinski definition) is 0. The molecule has 0 amide bonds. The van der Waals surface area contributed by atoms with Crippen molar-refractivity contribution in [1.82, 2.24) is 0 Å². The maximum atomic E-state index is 5.92. The number of rotatable bonds is 6. The minimum atomic E-state index is -0.138. The average Bonchev–Trinajstić information content (AvgIpc) is 2.17. The van der Waals surface area contributed by atoms with Crippen LogP contribution < -0.4 is 0 Å². The first-order valence-electron chi connectivity index (χ1n) is 7.94. The maximum absolute atomic E-state index is 5.92. The SMILES string of the molecule is CCC(COCOC(C)(C)C)(CC(C)(C)C)C(C)(C)C. The van der Waals surface area contributed by atoms with Gasteiger partial charge in [-0.05, 0) is 49.9 Å². The molecule has 0 aliphatic rings. The monoisotopic (exact) mass is 286 g/mol. The van der Waals surface area contributed by atoms with Crippen LogP contribution in [0.3, 0.4) is 0 Å². The normalized spacial score (nSPS) is 17.1. The molecule has 2 heteroatoms. The van der Waals surface area contributed by atoms with Crippen molar-refractivity contribution in [3.05, 3.63) is 0 Å². The van der Waals surface area contributed by atoms with Gasteiger partial charge in [-0.25, -0.2) is 0 Å². The second-order valence-corrected chi connectivity index (χ2v) is 9.34. The molecule has 0 aromatic rings. The highest BCUT2D eigenvalue weighted by atomic mass is 16.7. The fraction of sp³-hybridized carbons (Fsp3) is 1.00. The van der Waals surface area contributed by atoms with Crippen LogP contribution in [0.4, 0.5) is 0 Å². The summed E-state index contributed by atoms with van der Waals surface area (Å²) < 4.78 is 11.6. The summed E-state index contributed by atoms with van der Waals surface area (Å²) in [5, 5.41) is 0. The van der Waals surface area contributed by atoms with Gasteiger partial charge in [0.2, 0.25) is 0 Å². The fourth-order valence-electron chi connectivity index (χ4n) is 2.76. The topological polar surface area (TPSA) is 18.5 Å². The first-order chi connectivity index (χ1) is 8.72. The third-order valence-corrected chi connectivity index (χ3v) is 4.09. The molecule has 2 nitrogen and oxygen atoms in total. The largest absolute Gasteiger partial charge is 0.355 e. The van der Waals surface area contributed by atoms with Gasteiger partial charge in [-0.3, -0.25) is 0 Å². The van der Waals surface area contributed by atoms with Gasteiger partial charge in [-0.15, -0.1) is 0 Å². The second-order valence-electron chi connectivity index (χ2n) is 9.34. The molecule has 0 rings (SSSR count). The predicted octanol–water partition coefficient (Wildman–Crippen LogP) is 5.65. The molecule has 0 N–H and O–H groups in total. The van der Waals surface area contributed by atoms with Crippen LogP contribution in [0.2, 0.25) is 0 Å². The van der Waals surface area contributed by atoms with Gasteiger partial charge < -0.3 is 9.47 Å². The first kappa shape index (κ1) is 19.9. The van der Waals surface area contributed by atoms with Gasteiger partial charge in [0, 0.05) is 0 Å². The minimum absolute atomic E-state index is 0.138. The van der Waals surface area contributed by atoms with Crippen LogP contribution >= 0.6 is 0 Å². The fourth-order valence-corrected chi connectivity index (χ4v) is 2.76. The van der Waals surface area contributed by atoms with Gasteiger partial charge >= 0.3 is 0 Å². The zero-order valence-corrected chi connectivity index (χ0v) is 15.6. The molecular weight excluding hydrogens is 248 g/mol. The van der Waals surface area contributed by atoms with Gasteiger partial charge in [0.15, 0.2) is 0 Å². The van der Waals surface area contributed by atoms with Crippen LogP contribution in [0.1, 0.15) is 82.1 Å². The van der Waals surface area contributed by atoms with E-state index in [2.05, 4.69) is 69.2 Å². The third kappa shape index (κ3) is 7.08. The van der Waals surface area contributed by atoms with Crippen LogP contribution in [-0.2, 0) is 9.47 Å². The molecular formula is C18H38O2. The molecule has 0 aliphatic carbocycles. The molecule has 0 fully saturated rings. The summed E-state index contributed by atoms with van der Waals surface area (Å²) in [5.41, 5.74) is 0.571. The van der Waals surface area contributed by atoms with Crippen molar-refractivity contribution in [3.63, 3.8) is 0 Å². The summed E-state index contributed by atoms with van der Waals surface area (Å²) >= 11 is 0. The van der Waals surface area contributed by atoms with Crippen molar-refractivity contribution in [3.8, 4) is 0 Å². The van der Waals surface area contributed by atoms with Crippen molar-refractivity contribution in [2.45, 2.75) is 87.7 Å². The molecule has 0 spiro atoms. The molecule has 20 heavy (non-hydrogen) atoms. The van der Waals surface area contributed by atoms with Gasteiger partial charge in [0.05, 0.1) is 12.2 Å². The minimum Gasteiger partial charge on any atom is -0.355 e. The van der Waals surface area contributed by atoms with Gasteiger partial charge in [0.25, 0.3) is 0 Å². The molecule has 0 saturated heterocycles. The number of hydrogen-bond acceptors (Lipinski definition) is 2. The van der Waals surface area contributed by atoms with E-state index in [-0.39, 0.29) is 16.4 Å². The maximum Gasteiger partial charge on any atom is 0.147 e. The Hall–Kier alpha value is -0.0800. The Bertz CT molecular complexity index is 275. The lowest BCUT2D eigenvalue weighted by Crippen LogP contribution is -2.43. The van der Waals surface area contributed by atoms with E-state index in [4.69, 9.17) is 9.47 Å². The molecule has 0 bridgehead atoms. The molecule has 0 aromatic heterocycles. The summed E-state index contributed by atoms with van der Waals surface area (Å²) in [6.45, 7) is 23.5. The predicted molar refractivity (Wildman–Crippen MR) is 87.9 cm³/mol. The van der Waals surface area contributed by atoms with Gasteiger partial charge in [-0.2, -0.15) is 0 Å². The molecule has 0 radical (unpaired) electrons. The van der Waals surface area contributed by atoms with Crippen LogP contribution in [0.15, 0.2) is 0 Å². The van der Waals surface area contributed by atoms with Gasteiger partial charge in [-0.1, -0.05) is 48.5 Å².